The molecule has 1 aromatic rings. The number of aromatic nitrogens is 3. The molecule has 0 spiro atoms. The maximum absolute atomic E-state index is 5.93. The predicted molar refractivity (Wildman–Crippen MR) is 62.8 cm³/mol. The fourth-order valence-corrected chi connectivity index (χ4v) is 2.45. The molecule has 1 aliphatic rings. The molecule has 90 valence electrons. The second kappa shape index (κ2) is 4.51. The molecule has 16 heavy (non-hydrogen) atoms. The summed E-state index contributed by atoms with van der Waals surface area (Å²) < 4.78 is 2.12. The molecule has 0 bridgehead atoms. The van der Waals surface area contributed by atoms with Gasteiger partial charge in [0, 0.05) is 25.2 Å². The normalized spacial score (nSPS) is 20.4. The summed E-state index contributed by atoms with van der Waals surface area (Å²) in [7, 11) is 0. The maximum Gasteiger partial charge on any atom is 0.147 e. The second-order valence-corrected chi connectivity index (χ2v) is 4.81. The average molecular weight is 223 g/mol. The van der Waals surface area contributed by atoms with E-state index in [2.05, 4.69) is 33.5 Å². The van der Waals surface area contributed by atoms with E-state index in [-0.39, 0.29) is 5.54 Å². The van der Waals surface area contributed by atoms with Crippen LogP contribution < -0.4 is 5.73 Å². The largest absolute Gasteiger partial charge is 0.329 e. The van der Waals surface area contributed by atoms with Crippen molar-refractivity contribution < 1.29 is 0 Å². The van der Waals surface area contributed by atoms with Gasteiger partial charge in [-0.3, -0.25) is 4.90 Å². The molecule has 0 saturated carbocycles. The number of hydrogen-bond acceptors (Lipinski definition) is 4. The number of fused-ring (bicyclic) bond motifs is 1. The van der Waals surface area contributed by atoms with E-state index in [4.69, 9.17) is 5.73 Å². The zero-order chi connectivity index (χ0) is 11.6. The summed E-state index contributed by atoms with van der Waals surface area (Å²) in [4.78, 5) is 2.44. The predicted octanol–water partition coefficient (Wildman–Crippen LogP) is 0.611. The minimum absolute atomic E-state index is 0.103. The van der Waals surface area contributed by atoms with Crippen LogP contribution in [0.25, 0.3) is 0 Å². The van der Waals surface area contributed by atoms with Crippen molar-refractivity contribution in [2.24, 2.45) is 5.73 Å². The van der Waals surface area contributed by atoms with Gasteiger partial charge in [-0.15, -0.1) is 10.2 Å². The van der Waals surface area contributed by atoms with Gasteiger partial charge in [-0.05, 0) is 13.3 Å². The van der Waals surface area contributed by atoms with Crippen LogP contribution in [0.3, 0.4) is 0 Å². The molecular formula is C11H21N5. The number of nitrogens with zero attached hydrogens (tertiary/aromatic N) is 4. The molecule has 0 saturated heterocycles. The van der Waals surface area contributed by atoms with E-state index < -0.39 is 0 Å². The van der Waals surface area contributed by atoms with Crippen LogP contribution in [0.5, 0.6) is 0 Å². The molecule has 2 rings (SSSR count). The second-order valence-electron chi connectivity index (χ2n) is 4.81. The molecule has 0 aromatic carbocycles. The topological polar surface area (TPSA) is 60.0 Å². The van der Waals surface area contributed by atoms with E-state index in [0.717, 1.165) is 38.3 Å². The summed E-state index contributed by atoms with van der Waals surface area (Å²) in [6, 6.07) is 0. The molecule has 1 atom stereocenters. The van der Waals surface area contributed by atoms with Crippen molar-refractivity contribution in [3.05, 3.63) is 12.2 Å². The molecule has 5 heteroatoms. The van der Waals surface area contributed by atoms with Crippen molar-refractivity contribution in [3.63, 3.8) is 0 Å². The lowest BCUT2D eigenvalue weighted by atomic mass is 9.93. The average Bonchev–Trinajstić information content (AvgIpc) is 2.76. The van der Waals surface area contributed by atoms with Gasteiger partial charge < -0.3 is 10.3 Å². The van der Waals surface area contributed by atoms with Crippen molar-refractivity contribution >= 4 is 0 Å². The third-order valence-electron chi connectivity index (χ3n) is 3.63. The Morgan fingerprint density at radius 3 is 3.00 bits per heavy atom. The molecule has 0 fully saturated rings. The minimum Gasteiger partial charge on any atom is -0.329 e. The van der Waals surface area contributed by atoms with Crippen molar-refractivity contribution in [1.29, 1.82) is 0 Å². The summed E-state index contributed by atoms with van der Waals surface area (Å²) in [5.74, 6) is 1.06. The summed E-state index contributed by atoms with van der Waals surface area (Å²) in [5.41, 5.74) is 6.04. The first-order valence-electron chi connectivity index (χ1n) is 6.01. The van der Waals surface area contributed by atoms with E-state index >= 15 is 0 Å². The zero-order valence-electron chi connectivity index (χ0n) is 10.2. The van der Waals surface area contributed by atoms with Crippen LogP contribution in [-0.4, -0.2) is 38.3 Å². The van der Waals surface area contributed by atoms with Crippen molar-refractivity contribution in [1.82, 2.24) is 19.7 Å². The fraction of sp³-hybridized carbons (Fsp3) is 0.818. The van der Waals surface area contributed by atoms with Gasteiger partial charge in [-0.1, -0.05) is 13.3 Å². The van der Waals surface area contributed by atoms with E-state index in [0.29, 0.717) is 6.54 Å². The quantitative estimate of drug-likeness (QED) is 0.812. The van der Waals surface area contributed by atoms with Gasteiger partial charge in [0.25, 0.3) is 0 Å². The van der Waals surface area contributed by atoms with E-state index in [9.17, 15) is 0 Å². The monoisotopic (exact) mass is 223 g/mol. The zero-order valence-corrected chi connectivity index (χ0v) is 10.2. The van der Waals surface area contributed by atoms with Gasteiger partial charge in [-0.2, -0.15) is 0 Å². The standard InChI is InChI=1S/C11H21N5/c1-3-4-11(2,8-12)16-6-5-15-9-13-14-10(15)7-16/h9H,3-8,12H2,1-2H3. The van der Waals surface area contributed by atoms with Gasteiger partial charge in [0.2, 0.25) is 0 Å². The third-order valence-corrected chi connectivity index (χ3v) is 3.63. The number of hydrogen-bond donors (Lipinski definition) is 1. The molecule has 0 aliphatic carbocycles. The van der Waals surface area contributed by atoms with Gasteiger partial charge in [-0.25, -0.2) is 0 Å². The van der Waals surface area contributed by atoms with E-state index in [1.54, 1.807) is 0 Å². The lowest BCUT2D eigenvalue weighted by Gasteiger charge is -2.42. The Kier molecular flexibility index (Phi) is 3.25. The lowest BCUT2D eigenvalue weighted by molar-refractivity contribution is 0.0694. The molecule has 0 radical (unpaired) electrons. The Balaban J connectivity index is 2.12. The Morgan fingerprint density at radius 2 is 2.31 bits per heavy atom. The molecule has 2 heterocycles. The van der Waals surface area contributed by atoms with Gasteiger partial charge in [0.15, 0.2) is 0 Å². The lowest BCUT2D eigenvalue weighted by Crippen LogP contribution is -2.54. The maximum atomic E-state index is 5.93. The van der Waals surface area contributed by atoms with Crippen molar-refractivity contribution in [2.75, 3.05) is 13.1 Å². The van der Waals surface area contributed by atoms with Crippen LogP contribution in [0.15, 0.2) is 6.33 Å². The Bertz CT molecular complexity index is 348. The smallest absolute Gasteiger partial charge is 0.147 e. The van der Waals surface area contributed by atoms with E-state index in [1.165, 1.54) is 0 Å². The molecule has 2 N–H and O–H groups in total. The van der Waals surface area contributed by atoms with Crippen LogP contribution in [0.4, 0.5) is 0 Å². The van der Waals surface area contributed by atoms with Crippen molar-refractivity contribution in [2.45, 2.75) is 45.3 Å². The SMILES string of the molecule is CCCC(C)(CN)N1CCn2cnnc2C1. The van der Waals surface area contributed by atoms with Crippen LogP contribution in [-0.2, 0) is 13.1 Å². The highest BCUT2D eigenvalue weighted by atomic mass is 15.3. The molecule has 1 aromatic heterocycles. The minimum atomic E-state index is 0.103. The molecule has 0 amide bonds. The van der Waals surface area contributed by atoms with Crippen molar-refractivity contribution in [3.8, 4) is 0 Å². The fourth-order valence-electron chi connectivity index (χ4n) is 2.45. The summed E-state index contributed by atoms with van der Waals surface area (Å²) in [5, 5.41) is 8.09. The highest BCUT2D eigenvalue weighted by molar-refractivity contribution is 4.96. The first-order chi connectivity index (χ1) is 7.69. The first-order valence-corrected chi connectivity index (χ1v) is 6.01. The first kappa shape index (κ1) is 11.5. The van der Waals surface area contributed by atoms with Crippen LogP contribution in [0, 0.1) is 0 Å². The van der Waals surface area contributed by atoms with Gasteiger partial charge in [0.05, 0.1) is 6.54 Å². The molecule has 5 nitrogen and oxygen atoms in total. The Hall–Kier alpha value is -0.940. The summed E-state index contributed by atoms with van der Waals surface area (Å²) >= 11 is 0. The third kappa shape index (κ3) is 1.97. The van der Waals surface area contributed by atoms with Crippen LogP contribution >= 0.6 is 0 Å². The number of nitrogens with two attached hydrogens (primary N) is 1. The van der Waals surface area contributed by atoms with E-state index in [1.807, 2.05) is 6.33 Å². The molecule has 1 unspecified atom stereocenters. The van der Waals surface area contributed by atoms with Crippen LogP contribution in [0.1, 0.15) is 32.5 Å². The molecule has 1 aliphatic heterocycles. The summed E-state index contributed by atoms with van der Waals surface area (Å²) in [6.45, 7) is 8.05. The number of rotatable bonds is 4. The highest BCUT2D eigenvalue weighted by Gasteiger charge is 2.32. The molecular weight excluding hydrogens is 202 g/mol. The highest BCUT2D eigenvalue weighted by Crippen LogP contribution is 2.24. The Labute approximate surface area is 96.6 Å². The van der Waals surface area contributed by atoms with Gasteiger partial charge in [0.1, 0.15) is 12.2 Å². The van der Waals surface area contributed by atoms with Gasteiger partial charge >= 0.3 is 0 Å². The summed E-state index contributed by atoms with van der Waals surface area (Å²) in [6.07, 6.45) is 4.11. The van der Waals surface area contributed by atoms with Crippen LogP contribution in [0.2, 0.25) is 0 Å². The Morgan fingerprint density at radius 1 is 1.50 bits per heavy atom.